The standard InChI is InChI=1S/C27H36N2O5/c1-18(2)16-29(17-20-12-23(30)26-24(13-20)32-9-5-10-33-26)27(31)19(3)14-28-15-22-7-4-6-21-8-11-34-25(21)22/h4,6-7,12-13,18-19,28,30H,5,8-11,14-17H2,1-3H3. The highest BCUT2D eigenvalue weighted by molar-refractivity contribution is 5.78. The van der Waals surface area contributed by atoms with Crippen LogP contribution in [0.3, 0.4) is 0 Å². The topological polar surface area (TPSA) is 80.3 Å². The van der Waals surface area contributed by atoms with E-state index in [9.17, 15) is 9.90 Å². The molecule has 7 nitrogen and oxygen atoms in total. The van der Waals surface area contributed by atoms with Crippen molar-refractivity contribution in [1.29, 1.82) is 0 Å². The Morgan fingerprint density at radius 2 is 1.88 bits per heavy atom. The van der Waals surface area contributed by atoms with Gasteiger partial charge in [0.15, 0.2) is 11.5 Å². The molecule has 34 heavy (non-hydrogen) atoms. The number of hydrogen-bond donors (Lipinski definition) is 2. The smallest absolute Gasteiger partial charge is 0.226 e. The molecule has 184 valence electrons. The number of carbonyl (C=O) groups is 1. The molecule has 1 unspecified atom stereocenters. The molecule has 2 aliphatic rings. The molecule has 0 aliphatic carbocycles. The molecule has 1 atom stereocenters. The molecule has 0 saturated heterocycles. The molecule has 2 aromatic rings. The molecule has 0 aromatic heterocycles. The molecule has 7 heteroatoms. The summed E-state index contributed by atoms with van der Waals surface area (Å²) in [6, 6.07) is 9.80. The molecule has 2 aliphatic heterocycles. The minimum absolute atomic E-state index is 0.0543. The third-order valence-corrected chi connectivity index (χ3v) is 6.14. The van der Waals surface area contributed by atoms with Gasteiger partial charge in [-0.05, 0) is 29.2 Å². The second-order valence-electron chi connectivity index (χ2n) is 9.64. The van der Waals surface area contributed by atoms with Crippen molar-refractivity contribution in [1.82, 2.24) is 10.2 Å². The molecule has 2 N–H and O–H groups in total. The molecule has 2 heterocycles. The van der Waals surface area contributed by atoms with Gasteiger partial charge in [0.25, 0.3) is 0 Å². The maximum atomic E-state index is 13.4. The van der Waals surface area contributed by atoms with E-state index in [1.165, 1.54) is 5.56 Å². The van der Waals surface area contributed by atoms with E-state index in [2.05, 4.69) is 37.4 Å². The Bertz CT molecular complexity index is 1010. The molecule has 2 aromatic carbocycles. The highest BCUT2D eigenvalue weighted by Gasteiger charge is 2.24. The van der Waals surface area contributed by atoms with Crippen LogP contribution in [0.25, 0.3) is 0 Å². The van der Waals surface area contributed by atoms with E-state index < -0.39 is 0 Å². The number of carbonyl (C=O) groups excluding carboxylic acids is 1. The van der Waals surface area contributed by atoms with Crippen molar-refractivity contribution in [3.8, 4) is 23.0 Å². The summed E-state index contributed by atoms with van der Waals surface area (Å²) < 4.78 is 17.2. The number of rotatable bonds is 9. The van der Waals surface area contributed by atoms with E-state index >= 15 is 0 Å². The third-order valence-electron chi connectivity index (χ3n) is 6.14. The normalized spacial score (nSPS) is 15.4. The number of aromatic hydroxyl groups is 1. The number of phenols is 1. The van der Waals surface area contributed by atoms with Crippen LogP contribution in [0, 0.1) is 11.8 Å². The highest BCUT2D eigenvalue weighted by Crippen LogP contribution is 2.39. The maximum Gasteiger partial charge on any atom is 0.226 e. The van der Waals surface area contributed by atoms with Crippen LogP contribution in [0.15, 0.2) is 30.3 Å². The quantitative estimate of drug-likeness (QED) is 0.581. The first kappa shape index (κ1) is 24.2. The average molecular weight is 469 g/mol. The summed E-state index contributed by atoms with van der Waals surface area (Å²) in [4.78, 5) is 15.3. The summed E-state index contributed by atoms with van der Waals surface area (Å²) in [6.07, 6.45) is 1.72. The molecule has 0 fully saturated rings. The first-order valence-corrected chi connectivity index (χ1v) is 12.3. The summed E-state index contributed by atoms with van der Waals surface area (Å²) in [5.41, 5.74) is 3.22. The zero-order chi connectivity index (χ0) is 24.1. The Morgan fingerprint density at radius 1 is 1.09 bits per heavy atom. The van der Waals surface area contributed by atoms with Gasteiger partial charge in [0.05, 0.1) is 19.8 Å². The Morgan fingerprint density at radius 3 is 2.71 bits per heavy atom. The minimum Gasteiger partial charge on any atom is -0.504 e. The van der Waals surface area contributed by atoms with E-state index in [4.69, 9.17) is 14.2 Å². The molecule has 4 rings (SSSR count). The Balaban J connectivity index is 1.40. The van der Waals surface area contributed by atoms with Crippen molar-refractivity contribution in [2.45, 2.75) is 46.7 Å². The first-order valence-electron chi connectivity index (χ1n) is 12.3. The van der Waals surface area contributed by atoms with Gasteiger partial charge >= 0.3 is 0 Å². The summed E-state index contributed by atoms with van der Waals surface area (Å²) in [5, 5.41) is 13.9. The van der Waals surface area contributed by atoms with E-state index in [0.29, 0.717) is 56.8 Å². The summed E-state index contributed by atoms with van der Waals surface area (Å²) in [5.74, 6) is 2.19. The lowest BCUT2D eigenvalue weighted by Crippen LogP contribution is -2.40. The van der Waals surface area contributed by atoms with Crippen LogP contribution in [0.2, 0.25) is 0 Å². The van der Waals surface area contributed by atoms with Crippen LogP contribution < -0.4 is 19.5 Å². The second kappa shape index (κ2) is 11.0. The number of para-hydroxylation sites is 1. The van der Waals surface area contributed by atoms with Crippen molar-refractivity contribution >= 4 is 5.91 Å². The predicted molar refractivity (Wildman–Crippen MR) is 130 cm³/mol. The van der Waals surface area contributed by atoms with Gasteiger partial charge in [-0.2, -0.15) is 0 Å². The third kappa shape index (κ3) is 5.76. The largest absolute Gasteiger partial charge is 0.504 e. The first-order chi connectivity index (χ1) is 16.4. The fourth-order valence-electron chi connectivity index (χ4n) is 4.54. The Hall–Kier alpha value is -2.93. The molecule has 0 bridgehead atoms. The number of phenolic OH excluding ortho intramolecular Hbond substituents is 1. The number of nitrogens with one attached hydrogen (secondary N) is 1. The summed E-state index contributed by atoms with van der Waals surface area (Å²) >= 11 is 0. The Labute approximate surface area is 202 Å². The SMILES string of the molecule is CC(C)CN(Cc1cc(O)c2c(c1)OCCCO2)C(=O)C(C)CNCc1cccc2c1OCC2. The molecule has 0 spiro atoms. The van der Waals surface area contributed by atoms with Crippen LogP contribution in [0.4, 0.5) is 0 Å². The molecule has 0 radical (unpaired) electrons. The van der Waals surface area contributed by atoms with E-state index in [1.807, 2.05) is 17.9 Å². The van der Waals surface area contributed by atoms with Crippen LogP contribution in [0.1, 0.15) is 43.9 Å². The summed E-state index contributed by atoms with van der Waals surface area (Å²) in [7, 11) is 0. The van der Waals surface area contributed by atoms with E-state index in [-0.39, 0.29) is 17.6 Å². The van der Waals surface area contributed by atoms with Gasteiger partial charge in [0, 0.05) is 50.5 Å². The number of ether oxygens (including phenoxy) is 3. The van der Waals surface area contributed by atoms with Gasteiger partial charge in [-0.3, -0.25) is 4.79 Å². The Kier molecular flexibility index (Phi) is 7.83. The van der Waals surface area contributed by atoms with Crippen molar-refractivity contribution in [3.05, 3.63) is 47.0 Å². The maximum absolute atomic E-state index is 13.4. The van der Waals surface area contributed by atoms with Gasteiger partial charge < -0.3 is 29.5 Å². The minimum atomic E-state index is -0.189. The molecule has 1 amide bonds. The molecular weight excluding hydrogens is 432 g/mol. The van der Waals surface area contributed by atoms with E-state index in [0.717, 1.165) is 36.3 Å². The highest BCUT2D eigenvalue weighted by atomic mass is 16.5. The van der Waals surface area contributed by atoms with Gasteiger partial charge in [-0.1, -0.05) is 39.0 Å². The average Bonchev–Trinajstić information content (AvgIpc) is 3.16. The lowest BCUT2D eigenvalue weighted by molar-refractivity contribution is -0.136. The van der Waals surface area contributed by atoms with Crippen LogP contribution in [-0.4, -0.2) is 48.8 Å². The number of fused-ring (bicyclic) bond motifs is 2. The lowest BCUT2D eigenvalue weighted by Gasteiger charge is -2.28. The fourth-order valence-corrected chi connectivity index (χ4v) is 4.54. The van der Waals surface area contributed by atoms with Crippen molar-refractivity contribution in [2.75, 3.05) is 32.9 Å². The predicted octanol–water partition coefficient (Wildman–Crippen LogP) is 3.90. The van der Waals surface area contributed by atoms with E-state index in [1.54, 1.807) is 6.07 Å². The summed E-state index contributed by atoms with van der Waals surface area (Å²) in [6.45, 7) is 10.2. The van der Waals surface area contributed by atoms with Crippen LogP contribution >= 0.6 is 0 Å². The lowest BCUT2D eigenvalue weighted by atomic mass is 10.1. The number of nitrogens with zero attached hydrogens (tertiary/aromatic N) is 1. The van der Waals surface area contributed by atoms with Crippen molar-refractivity contribution < 1.29 is 24.1 Å². The zero-order valence-corrected chi connectivity index (χ0v) is 20.4. The number of benzene rings is 2. The van der Waals surface area contributed by atoms with Crippen molar-refractivity contribution in [2.24, 2.45) is 11.8 Å². The fraction of sp³-hybridized carbons (Fsp3) is 0.519. The van der Waals surface area contributed by atoms with Crippen LogP contribution in [0.5, 0.6) is 23.0 Å². The zero-order valence-electron chi connectivity index (χ0n) is 20.4. The number of amides is 1. The molecule has 0 saturated carbocycles. The van der Waals surface area contributed by atoms with Crippen LogP contribution in [-0.2, 0) is 24.3 Å². The van der Waals surface area contributed by atoms with Gasteiger partial charge in [-0.15, -0.1) is 0 Å². The second-order valence-corrected chi connectivity index (χ2v) is 9.64. The monoisotopic (exact) mass is 468 g/mol. The number of hydrogen-bond acceptors (Lipinski definition) is 6. The van der Waals surface area contributed by atoms with Crippen molar-refractivity contribution in [3.63, 3.8) is 0 Å². The van der Waals surface area contributed by atoms with Gasteiger partial charge in [0.1, 0.15) is 5.75 Å². The molecular formula is C27H36N2O5. The van der Waals surface area contributed by atoms with Gasteiger partial charge in [-0.25, -0.2) is 0 Å². The van der Waals surface area contributed by atoms with Gasteiger partial charge in [0.2, 0.25) is 11.7 Å².